The van der Waals surface area contributed by atoms with E-state index < -0.39 is 0 Å². The van der Waals surface area contributed by atoms with Gasteiger partial charge in [-0.1, -0.05) is 0 Å². The molecule has 0 radical (unpaired) electrons. The Balaban J connectivity index is 2.33. The highest BCUT2D eigenvalue weighted by Gasteiger charge is 2.08. The summed E-state index contributed by atoms with van der Waals surface area (Å²) >= 11 is 1.33. The fourth-order valence-corrected chi connectivity index (χ4v) is 2.33. The van der Waals surface area contributed by atoms with Gasteiger partial charge in [0.05, 0.1) is 12.8 Å². The first-order chi connectivity index (χ1) is 8.58. The Bertz CT molecular complexity index is 554. The second-order valence-corrected chi connectivity index (χ2v) is 4.74. The van der Waals surface area contributed by atoms with Crippen LogP contribution < -0.4 is 10.5 Å². The van der Waals surface area contributed by atoms with E-state index in [1.165, 1.54) is 11.8 Å². The van der Waals surface area contributed by atoms with Crippen molar-refractivity contribution in [1.29, 1.82) is 0 Å². The maximum atomic E-state index is 5.87. The lowest BCUT2D eigenvalue weighted by Gasteiger charge is -2.06. The van der Waals surface area contributed by atoms with Crippen molar-refractivity contribution >= 4 is 17.4 Å². The molecule has 0 unspecified atom stereocenters. The molecule has 0 aliphatic rings. The monoisotopic (exact) mass is 262 g/mol. The van der Waals surface area contributed by atoms with E-state index in [2.05, 4.69) is 15.0 Å². The van der Waals surface area contributed by atoms with E-state index in [1.54, 1.807) is 19.2 Å². The molecule has 0 aliphatic carbocycles. The average Bonchev–Trinajstić information content (AvgIpc) is 2.30. The van der Waals surface area contributed by atoms with Crippen molar-refractivity contribution in [2.75, 3.05) is 12.8 Å². The van der Waals surface area contributed by atoms with Crippen molar-refractivity contribution in [1.82, 2.24) is 15.0 Å². The number of pyridine rings is 1. The van der Waals surface area contributed by atoms with E-state index in [0.29, 0.717) is 21.7 Å². The number of nitrogens with two attached hydrogens (primary N) is 1. The first-order valence-electron chi connectivity index (χ1n) is 5.39. The van der Waals surface area contributed by atoms with Gasteiger partial charge in [-0.25, -0.2) is 15.0 Å². The normalized spacial score (nSPS) is 10.4. The molecular weight excluding hydrogens is 248 g/mol. The van der Waals surface area contributed by atoms with Gasteiger partial charge >= 0.3 is 0 Å². The molecule has 2 heterocycles. The molecular formula is C12H14N4OS. The largest absolute Gasteiger partial charge is 0.481 e. The third-order valence-corrected chi connectivity index (χ3v) is 3.11. The number of aromatic nitrogens is 3. The number of nitrogen functional groups attached to an aromatic ring is 1. The number of hydrogen-bond acceptors (Lipinski definition) is 6. The maximum Gasteiger partial charge on any atom is 0.214 e. The molecule has 2 aromatic heterocycles. The van der Waals surface area contributed by atoms with Crippen molar-refractivity contribution in [2.45, 2.75) is 24.0 Å². The Labute approximate surface area is 110 Å². The van der Waals surface area contributed by atoms with Gasteiger partial charge in [0.1, 0.15) is 5.03 Å². The number of anilines is 1. The standard InChI is InChI=1S/C12H14N4OS/c1-7-6-8(2)15-12(14-7)18-11-9(13)4-5-10(16-11)17-3/h4-6H,13H2,1-3H3. The first-order valence-corrected chi connectivity index (χ1v) is 6.21. The predicted octanol–water partition coefficient (Wildman–Crippen LogP) is 2.23. The molecule has 0 bridgehead atoms. The molecule has 6 heteroatoms. The summed E-state index contributed by atoms with van der Waals surface area (Å²) < 4.78 is 5.07. The Morgan fingerprint density at radius 2 is 1.78 bits per heavy atom. The fourth-order valence-electron chi connectivity index (χ4n) is 1.46. The SMILES string of the molecule is COc1ccc(N)c(Sc2nc(C)cc(C)n2)n1. The molecule has 2 N–H and O–H groups in total. The molecule has 0 atom stereocenters. The zero-order chi connectivity index (χ0) is 13.1. The third-order valence-electron chi connectivity index (χ3n) is 2.22. The van der Waals surface area contributed by atoms with E-state index in [1.807, 2.05) is 19.9 Å². The molecule has 5 nitrogen and oxygen atoms in total. The molecule has 2 rings (SSSR count). The highest BCUT2D eigenvalue weighted by Crippen LogP contribution is 2.29. The van der Waals surface area contributed by atoms with Gasteiger partial charge in [-0.15, -0.1) is 0 Å². The zero-order valence-corrected chi connectivity index (χ0v) is 11.3. The van der Waals surface area contributed by atoms with Crippen LogP contribution in [-0.2, 0) is 0 Å². The number of aryl methyl sites for hydroxylation is 2. The highest BCUT2D eigenvalue weighted by atomic mass is 32.2. The third kappa shape index (κ3) is 2.89. The van der Waals surface area contributed by atoms with Crippen LogP contribution in [-0.4, -0.2) is 22.1 Å². The van der Waals surface area contributed by atoms with Crippen molar-refractivity contribution in [2.24, 2.45) is 0 Å². The van der Waals surface area contributed by atoms with Gasteiger partial charge in [-0.3, -0.25) is 0 Å². The van der Waals surface area contributed by atoms with Crippen LogP contribution in [0.4, 0.5) is 5.69 Å². The van der Waals surface area contributed by atoms with Crippen LogP contribution in [0.5, 0.6) is 5.88 Å². The lowest BCUT2D eigenvalue weighted by Crippen LogP contribution is -1.97. The molecule has 0 aromatic carbocycles. The smallest absolute Gasteiger partial charge is 0.214 e. The molecule has 2 aromatic rings. The van der Waals surface area contributed by atoms with Crippen molar-refractivity contribution < 1.29 is 4.74 Å². The molecule has 0 saturated heterocycles. The van der Waals surface area contributed by atoms with E-state index in [-0.39, 0.29) is 0 Å². The summed E-state index contributed by atoms with van der Waals surface area (Å²) in [5, 5.41) is 1.29. The zero-order valence-electron chi connectivity index (χ0n) is 10.5. The van der Waals surface area contributed by atoms with Gasteiger partial charge in [0.15, 0.2) is 5.16 Å². The minimum Gasteiger partial charge on any atom is -0.481 e. The van der Waals surface area contributed by atoms with Crippen LogP contribution in [0.1, 0.15) is 11.4 Å². The lowest BCUT2D eigenvalue weighted by atomic mass is 10.4. The Kier molecular flexibility index (Phi) is 3.66. The molecule has 18 heavy (non-hydrogen) atoms. The summed E-state index contributed by atoms with van der Waals surface area (Å²) in [7, 11) is 1.57. The first kappa shape index (κ1) is 12.6. The molecule has 0 aliphatic heterocycles. The summed E-state index contributed by atoms with van der Waals surface area (Å²) in [6.07, 6.45) is 0. The quantitative estimate of drug-likeness (QED) is 0.855. The molecule has 0 fully saturated rings. The average molecular weight is 262 g/mol. The van der Waals surface area contributed by atoms with Crippen molar-refractivity contribution in [3.05, 3.63) is 29.6 Å². The Morgan fingerprint density at radius 3 is 2.39 bits per heavy atom. The summed E-state index contributed by atoms with van der Waals surface area (Å²) in [6.45, 7) is 3.86. The minimum absolute atomic E-state index is 0.524. The topological polar surface area (TPSA) is 73.9 Å². The van der Waals surface area contributed by atoms with Crippen molar-refractivity contribution in [3.63, 3.8) is 0 Å². The second kappa shape index (κ2) is 5.22. The van der Waals surface area contributed by atoms with Gasteiger partial charge in [0.25, 0.3) is 0 Å². The number of rotatable bonds is 3. The molecule has 0 amide bonds. The number of ether oxygens (including phenoxy) is 1. The van der Waals surface area contributed by atoms with E-state index in [4.69, 9.17) is 10.5 Å². The van der Waals surface area contributed by atoms with Crippen molar-refractivity contribution in [3.8, 4) is 5.88 Å². The van der Waals surface area contributed by atoms with Crippen LogP contribution in [0.2, 0.25) is 0 Å². The molecule has 0 saturated carbocycles. The maximum absolute atomic E-state index is 5.87. The predicted molar refractivity (Wildman–Crippen MR) is 70.8 cm³/mol. The number of nitrogens with zero attached hydrogens (tertiary/aromatic N) is 3. The van der Waals surface area contributed by atoms with Crippen LogP contribution in [0.25, 0.3) is 0 Å². The van der Waals surface area contributed by atoms with E-state index >= 15 is 0 Å². The Morgan fingerprint density at radius 1 is 1.11 bits per heavy atom. The second-order valence-electron chi connectivity index (χ2n) is 3.78. The van der Waals surface area contributed by atoms with Gasteiger partial charge in [-0.05, 0) is 37.7 Å². The number of hydrogen-bond donors (Lipinski definition) is 1. The van der Waals surface area contributed by atoms with Gasteiger partial charge in [0.2, 0.25) is 5.88 Å². The van der Waals surface area contributed by atoms with Gasteiger partial charge < -0.3 is 10.5 Å². The van der Waals surface area contributed by atoms with Gasteiger partial charge in [-0.2, -0.15) is 0 Å². The highest BCUT2D eigenvalue weighted by molar-refractivity contribution is 7.99. The lowest BCUT2D eigenvalue weighted by molar-refractivity contribution is 0.395. The number of methoxy groups -OCH3 is 1. The van der Waals surface area contributed by atoms with Crippen LogP contribution in [0.15, 0.2) is 28.4 Å². The summed E-state index contributed by atoms with van der Waals surface area (Å²) in [5.74, 6) is 0.524. The summed E-state index contributed by atoms with van der Waals surface area (Å²) in [5.41, 5.74) is 8.31. The minimum atomic E-state index is 0.524. The fraction of sp³-hybridized carbons (Fsp3) is 0.250. The molecule has 0 spiro atoms. The Hall–Kier alpha value is -1.82. The molecule has 94 valence electrons. The summed E-state index contributed by atoms with van der Waals surface area (Å²) in [6, 6.07) is 5.41. The van der Waals surface area contributed by atoms with Crippen LogP contribution in [0, 0.1) is 13.8 Å². The van der Waals surface area contributed by atoms with Crippen LogP contribution >= 0.6 is 11.8 Å². The van der Waals surface area contributed by atoms with E-state index in [9.17, 15) is 0 Å². The summed E-state index contributed by atoms with van der Waals surface area (Å²) in [4.78, 5) is 13.0. The van der Waals surface area contributed by atoms with E-state index in [0.717, 1.165) is 11.4 Å². The van der Waals surface area contributed by atoms with Crippen LogP contribution in [0.3, 0.4) is 0 Å². The van der Waals surface area contributed by atoms with Gasteiger partial charge in [0, 0.05) is 17.5 Å².